The van der Waals surface area contributed by atoms with Gasteiger partial charge < -0.3 is 15.4 Å². The smallest absolute Gasteiger partial charge is 0.254 e. The van der Waals surface area contributed by atoms with Crippen molar-refractivity contribution in [2.75, 3.05) is 12.4 Å². The number of rotatable bonds is 6. The van der Waals surface area contributed by atoms with Gasteiger partial charge in [0.25, 0.3) is 5.91 Å². The molecule has 0 saturated carbocycles. The third-order valence-corrected chi connectivity index (χ3v) is 3.72. The third-order valence-electron chi connectivity index (χ3n) is 3.72. The fourth-order valence-electron chi connectivity index (χ4n) is 2.34. The van der Waals surface area contributed by atoms with Gasteiger partial charge in [-0.2, -0.15) is 0 Å². The molecule has 2 N–H and O–H groups in total. The van der Waals surface area contributed by atoms with Crippen LogP contribution in [0.25, 0.3) is 0 Å². The number of anilines is 2. The number of hydrogen-bond donors (Lipinski definition) is 2. The van der Waals surface area contributed by atoms with E-state index >= 15 is 0 Å². The lowest BCUT2D eigenvalue weighted by molar-refractivity contribution is 0.0950. The fraction of sp³-hybridized carbons (Fsp3) is 0.105. The summed E-state index contributed by atoms with van der Waals surface area (Å²) in [6.45, 7) is 0.289. The van der Waals surface area contributed by atoms with Gasteiger partial charge in [0.15, 0.2) is 11.6 Å². The van der Waals surface area contributed by atoms with Crippen molar-refractivity contribution in [1.82, 2.24) is 15.3 Å². The van der Waals surface area contributed by atoms with Crippen molar-refractivity contribution < 1.29 is 18.3 Å². The van der Waals surface area contributed by atoms with Crippen LogP contribution in [0.3, 0.4) is 0 Å². The van der Waals surface area contributed by atoms with Crippen LogP contribution in [0.2, 0.25) is 0 Å². The molecule has 0 saturated heterocycles. The number of para-hydroxylation sites is 1. The van der Waals surface area contributed by atoms with E-state index in [1.165, 1.54) is 18.5 Å². The highest BCUT2D eigenvalue weighted by molar-refractivity contribution is 5.93. The molecule has 0 aliphatic carbocycles. The van der Waals surface area contributed by atoms with Gasteiger partial charge in [-0.05, 0) is 18.2 Å². The first-order chi connectivity index (χ1) is 13.1. The number of nitrogens with one attached hydrogen (secondary N) is 2. The number of hydrogen-bond acceptors (Lipinski definition) is 5. The monoisotopic (exact) mass is 370 g/mol. The average molecular weight is 370 g/mol. The Bertz CT molecular complexity index is 949. The Balaban J connectivity index is 1.62. The summed E-state index contributed by atoms with van der Waals surface area (Å²) in [5.41, 5.74) is 1.40. The van der Waals surface area contributed by atoms with Crippen LogP contribution < -0.4 is 15.4 Å². The Morgan fingerprint density at radius 2 is 1.81 bits per heavy atom. The summed E-state index contributed by atoms with van der Waals surface area (Å²) in [5.74, 6) is -1.43. The number of aromatic nitrogens is 2. The van der Waals surface area contributed by atoms with E-state index < -0.39 is 11.6 Å². The normalized spacial score (nSPS) is 10.3. The van der Waals surface area contributed by atoms with Crippen LogP contribution in [0.5, 0.6) is 5.75 Å². The van der Waals surface area contributed by atoms with Crippen molar-refractivity contribution in [3.05, 3.63) is 77.6 Å². The number of nitrogens with zero attached hydrogens (tertiary/aromatic N) is 2. The molecule has 0 radical (unpaired) electrons. The standard InChI is InChI=1S/C19H16F2N4O2/c1-27-17-5-3-2-4-12(17)9-22-18(26)13-10-23-19(24-11-13)25-14-6-7-15(20)16(21)8-14/h2-8,10-11H,9H2,1H3,(H,22,26)(H,23,24,25). The van der Waals surface area contributed by atoms with Gasteiger partial charge in [-0.3, -0.25) is 4.79 Å². The average Bonchev–Trinajstić information content (AvgIpc) is 2.69. The SMILES string of the molecule is COc1ccccc1CNC(=O)c1cnc(Nc2ccc(F)c(F)c2)nc1. The van der Waals surface area contributed by atoms with Gasteiger partial charge in [0, 0.05) is 36.3 Å². The van der Waals surface area contributed by atoms with Gasteiger partial charge in [-0.25, -0.2) is 18.7 Å². The van der Waals surface area contributed by atoms with Crippen molar-refractivity contribution in [1.29, 1.82) is 0 Å². The van der Waals surface area contributed by atoms with Crippen LogP contribution in [0, 0.1) is 11.6 Å². The molecule has 0 atom stereocenters. The predicted molar refractivity (Wildman–Crippen MR) is 95.8 cm³/mol. The number of ether oxygens (including phenoxy) is 1. The quantitative estimate of drug-likeness (QED) is 0.695. The first-order valence-corrected chi connectivity index (χ1v) is 8.01. The van der Waals surface area contributed by atoms with Gasteiger partial charge in [-0.15, -0.1) is 0 Å². The second-order valence-electron chi connectivity index (χ2n) is 5.54. The van der Waals surface area contributed by atoms with Crippen LogP contribution in [0.15, 0.2) is 54.9 Å². The number of benzene rings is 2. The number of carbonyl (C=O) groups excluding carboxylic acids is 1. The molecule has 1 heterocycles. The summed E-state index contributed by atoms with van der Waals surface area (Å²) >= 11 is 0. The molecule has 138 valence electrons. The van der Waals surface area contributed by atoms with Gasteiger partial charge in [-0.1, -0.05) is 18.2 Å². The highest BCUT2D eigenvalue weighted by Crippen LogP contribution is 2.18. The molecule has 6 nitrogen and oxygen atoms in total. The Morgan fingerprint density at radius 1 is 1.07 bits per heavy atom. The van der Waals surface area contributed by atoms with Crippen LogP contribution in [0.1, 0.15) is 15.9 Å². The molecule has 27 heavy (non-hydrogen) atoms. The highest BCUT2D eigenvalue weighted by atomic mass is 19.2. The van der Waals surface area contributed by atoms with Crippen LogP contribution >= 0.6 is 0 Å². The maximum Gasteiger partial charge on any atom is 0.254 e. The lowest BCUT2D eigenvalue weighted by Crippen LogP contribution is -2.23. The summed E-state index contributed by atoms with van der Waals surface area (Å²) in [6.07, 6.45) is 2.68. The fourth-order valence-corrected chi connectivity index (χ4v) is 2.34. The maximum atomic E-state index is 13.2. The van der Waals surface area contributed by atoms with E-state index in [1.807, 2.05) is 24.3 Å². The van der Waals surface area contributed by atoms with Gasteiger partial charge >= 0.3 is 0 Å². The summed E-state index contributed by atoms with van der Waals surface area (Å²) in [5, 5.41) is 5.50. The molecular weight excluding hydrogens is 354 g/mol. The first kappa shape index (κ1) is 18.2. The summed E-state index contributed by atoms with van der Waals surface area (Å²) in [7, 11) is 1.56. The second kappa shape index (κ2) is 8.22. The van der Waals surface area contributed by atoms with Gasteiger partial charge in [0.05, 0.1) is 12.7 Å². The molecule has 8 heteroatoms. The lowest BCUT2D eigenvalue weighted by Gasteiger charge is -2.10. The molecule has 3 rings (SSSR count). The molecule has 3 aromatic rings. The molecule has 1 aromatic heterocycles. The van der Waals surface area contributed by atoms with Crippen molar-refractivity contribution in [2.45, 2.75) is 6.54 Å². The van der Waals surface area contributed by atoms with E-state index in [0.717, 1.165) is 17.7 Å². The minimum Gasteiger partial charge on any atom is -0.496 e. The van der Waals surface area contributed by atoms with E-state index in [2.05, 4.69) is 20.6 Å². The van der Waals surface area contributed by atoms with Crippen LogP contribution in [0.4, 0.5) is 20.4 Å². The molecule has 0 spiro atoms. The van der Waals surface area contributed by atoms with E-state index in [9.17, 15) is 13.6 Å². The molecule has 0 fully saturated rings. The third kappa shape index (κ3) is 4.55. The minimum absolute atomic E-state index is 0.155. The van der Waals surface area contributed by atoms with Crippen molar-refractivity contribution in [3.8, 4) is 5.75 Å². The second-order valence-corrected chi connectivity index (χ2v) is 5.54. The maximum absolute atomic E-state index is 13.2. The van der Waals surface area contributed by atoms with E-state index in [0.29, 0.717) is 11.4 Å². The molecule has 1 amide bonds. The van der Waals surface area contributed by atoms with Crippen molar-refractivity contribution in [2.24, 2.45) is 0 Å². The van der Waals surface area contributed by atoms with E-state index in [1.54, 1.807) is 7.11 Å². The largest absolute Gasteiger partial charge is 0.496 e. The number of halogens is 2. The van der Waals surface area contributed by atoms with Gasteiger partial charge in [0.2, 0.25) is 5.95 Å². The number of amides is 1. The molecular formula is C19H16F2N4O2. The molecule has 0 aliphatic heterocycles. The van der Waals surface area contributed by atoms with Crippen molar-refractivity contribution in [3.63, 3.8) is 0 Å². The van der Waals surface area contributed by atoms with Crippen molar-refractivity contribution >= 4 is 17.5 Å². The first-order valence-electron chi connectivity index (χ1n) is 8.01. The Labute approximate surface area is 154 Å². The molecule has 0 bridgehead atoms. The Morgan fingerprint density at radius 3 is 2.52 bits per heavy atom. The van der Waals surface area contributed by atoms with Crippen LogP contribution in [-0.2, 0) is 6.54 Å². The summed E-state index contributed by atoms with van der Waals surface area (Å²) in [4.78, 5) is 20.2. The number of carbonyl (C=O) groups is 1. The molecule has 2 aromatic carbocycles. The zero-order chi connectivity index (χ0) is 19.2. The minimum atomic E-state index is -0.979. The van der Waals surface area contributed by atoms with E-state index in [-0.39, 0.29) is 24.0 Å². The lowest BCUT2D eigenvalue weighted by atomic mass is 10.2. The number of methoxy groups -OCH3 is 1. The topological polar surface area (TPSA) is 76.1 Å². The Hall–Kier alpha value is -3.55. The zero-order valence-corrected chi connectivity index (χ0v) is 14.4. The molecule has 0 unspecified atom stereocenters. The van der Waals surface area contributed by atoms with E-state index in [4.69, 9.17) is 4.74 Å². The summed E-state index contributed by atoms with van der Waals surface area (Å²) in [6, 6.07) is 10.7. The van der Waals surface area contributed by atoms with Crippen LogP contribution in [-0.4, -0.2) is 23.0 Å². The predicted octanol–water partition coefficient (Wildman–Crippen LogP) is 3.44. The highest BCUT2D eigenvalue weighted by Gasteiger charge is 2.09. The van der Waals surface area contributed by atoms with Gasteiger partial charge in [0.1, 0.15) is 5.75 Å². The zero-order valence-electron chi connectivity index (χ0n) is 14.4. The Kier molecular flexibility index (Phi) is 5.55. The molecule has 0 aliphatic rings. The summed E-state index contributed by atoms with van der Waals surface area (Å²) < 4.78 is 31.4.